The van der Waals surface area contributed by atoms with Gasteiger partial charge in [-0.15, -0.1) is 0 Å². The molecule has 0 aromatic rings. The molecule has 8 heteroatoms. The summed E-state index contributed by atoms with van der Waals surface area (Å²) in [7, 11) is 0. The third kappa shape index (κ3) is 7.55. The number of carbonyl (C=O) groups is 1. The number of nitrogens with one attached hydrogen (secondary N) is 1. The molecule has 1 heterocycles. The molecule has 25 heavy (non-hydrogen) atoms. The zero-order valence-electron chi connectivity index (χ0n) is 15.3. The SMILES string of the molecule is CCC(=O)NC(CO[C@@H]1CC[C@@H](O)C(CO)O1)C(O)C(O)CC(C)C. The van der Waals surface area contributed by atoms with Crippen LogP contribution < -0.4 is 5.32 Å². The molecule has 0 aromatic heterocycles. The third-order valence-corrected chi connectivity index (χ3v) is 4.28. The van der Waals surface area contributed by atoms with E-state index in [1.165, 1.54) is 0 Å². The minimum atomic E-state index is -1.17. The van der Waals surface area contributed by atoms with Crippen LogP contribution in [-0.2, 0) is 14.3 Å². The molecule has 0 saturated carbocycles. The van der Waals surface area contributed by atoms with Gasteiger partial charge in [0.15, 0.2) is 6.29 Å². The maximum Gasteiger partial charge on any atom is 0.220 e. The molecule has 6 atom stereocenters. The summed E-state index contributed by atoms with van der Waals surface area (Å²) in [5, 5.41) is 42.1. The molecule has 148 valence electrons. The summed E-state index contributed by atoms with van der Waals surface area (Å²) < 4.78 is 11.1. The van der Waals surface area contributed by atoms with Crippen LogP contribution in [0.25, 0.3) is 0 Å². The zero-order valence-corrected chi connectivity index (χ0v) is 15.3. The first-order chi connectivity index (χ1) is 11.8. The highest BCUT2D eigenvalue weighted by atomic mass is 16.7. The topological polar surface area (TPSA) is 128 Å². The molecular weight excluding hydrogens is 330 g/mol. The number of hydrogen-bond donors (Lipinski definition) is 5. The first-order valence-electron chi connectivity index (χ1n) is 8.99. The summed E-state index contributed by atoms with van der Waals surface area (Å²) in [6.45, 7) is 5.21. The molecule has 1 fully saturated rings. The lowest BCUT2D eigenvalue weighted by Crippen LogP contribution is -2.52. The number of aliphatic hydroxyl groups is 4. The Hall–Kier alpha value is -0.770. The molecular formula is C17H33NO7. The molecule has 0 radical (unpaired) electrons. The van der Waals surface area contributed by atoms with Crippen molar-refractivity contribution in [2.75, 3.05) is 13.2 Å². The Labute approximate surface area is 149 Å². The zero-order chi connectivity index (χ0) is 19.0. The fourth-order valence-electron chi connectivity index (χ4n) is 2.77. The van der Waals surface area contributed by atoms with E-state index < -0.39 is 36.7 Å². The molecule has 1 aliphatic heterocycles. The highest BCUT2D eigenvalue weighted by Gasteiger charge is 2.33. The van der Waals surface area contributed by atoms with Crippen molar-refractivity contribution in [2.24, 2.45) is 5.92 Å². The molecule has 1 aliphatic rings. The van der Waals surface area contributed by atoms with Gasteiger partial charge in [-0.05, 0) is 18.8 Å². The molecule has 5 N–H and O–H groups in total. The molecule has 8 nitrogen and oxygen atoms in total. The maximum absolute atomic E-state index is 11.7. The van der Waals surface area contributed by atoms with Gasteiger partial charge in [-0.2, -0.15) is 0 Å². The van der Waals surface area contributed by atoms with E-state index in [0.29, 0.717) is 19.3 Å². The van der Waals surface area contributed by atoms with Crippen molar-refractivity contribution >= 4 is 5.91 Å². The van der Waals surface area contributed by atoms with Crippen molar-refractivity contribution in [2.45, 2.75) is 83.2 Å². The summed E-state index contributed by atoms with van der Waals surface area (Å²) in [5.41, 5.74) is 0. The van der Waals surface area contributed by atoms with Crippen LogP contribution in [0.15, 0.2) is 0 Å². The molecule has 0 bridgehead atoms. The van der Waals surface area contributed by atoms with E-state index in [9.17, 15) is 25.2 Å². The van der Waals surface area contributed by atoms with Crippen LogP contribution in [0.2, 0.25) is 0 Å². The number of aliphatic hydroxyl groups excluding tert-OH is 4. The number of hydrogen-bond acceptors (Lipinski definition) is 7. The number of ether oxygens (including phenoxy) is 2. The lowest BCUT2D eigenvalue weighted by atomic mass is 9.97. The Balaban J connectivity index is 2.62. The van der Waals surface area contributed by atoms with E-state index in [4.69, 9.17) is 9.47 Å². The molecule has 1 saturated heterocycles. The van der Waals surface area contributed by atoms with Gasteiger partial charge in [0, 0.05) is 12.8 Å². The molecule has 0 spiro atoms. The fourth-order valence-corrected chi connectivity index (χ4v) is 2.77. The molecule has 1 rings (SSSR count). The van der Waals surface area contributed by atoms with E-state index in [1.807, 2.05) is 13.8 Å². The van der Waals surface area contributed by atoms with E-state index in [-0.39, 0.29) is 31.5 Å². The predicted molar refractivity (Wildman–Crippen MR) is 90.6 cm³/mol. The third-order valence-electron chi connectivity index (χ3n) is 4.28. The van der Waals surface area contributed by atoms with Gasteiger partial charge >= 0.3 is 0 Å². The Morgan fingerprint density at radius 1 is 1.32 bits per heavy atom. The first kappa shape index (κ1) is 22.3. The Kier molecular flexibility index (Phi) is 9.84. The molecule has 1 amide bonds. The Morgan fingerprint density at radius 2 is 2.00 bits per heavy atom. The van der Waals surface area contributed by atoms with Crippen LogP contribution in [0.4, 0.5) is 0 Å². The molecule has 4 unspecified atom stereocenters. The van der Waals surface area contributed by atoms with Crippen LogP contribution >= 0.6 is 0 Å². The predicted octanol–water partition coefficient (Wildman–Crippen LogP) is -0.476. The summed E-state index contributed by atoms with van der Waals surface area (Å²) in [6.07, 6.45) is -2.71. The van der Waals surface area contributed by atoms with Gasteiger partial charge in [0.25, 0.3) is 0 Å². The van der Waals surface area contributed by atoms with Gasteiger partial charge < -0.3 is 35.2 Å². The number of carbonyl (C=O) groups excluding carboxylic acids is 1. The van der Waals surface area contributed by atoms with Gasteiger partial charge in [0.05, 0.1) is 31.5 Å². The van der Waals surface area contributed by atoms with Crippen LogP contribution in [0.5, 0.6) is 0 Å². The van der Waals surface area contributed by atoms with Gasteiger partial charge in [0.1, 0.15) is 12.2 Å². The summed E-state index contributed by atoms with van der Waals surface area (Å²) >= 11 is 0. The fraction of sp³-hybridized carbons (Fsp3) is 0.941. The smallest absolute Gasteiger partial charge is 0.220 e. The average Bonchev–Trinajstić information content (AvgIpc) is 2.58. The van der Waals surface area contributed by atoms with E-state index >= 15 is 0 Å². The van der Waals surface area contributed by atoms with Crippen molar-refractivity contribution in [1.29, 1.82) is 0 Å². The number of rotatable bonds is 10. The average molecular weight is 363 g/mol. The number of amides is 1. The van der Waals surface area contributed by atoms with Crippen LogP contribution in [0, 0.1) is 5.92 Å². The van der Waals surface area contributed by atoms with E-state index in [2.05, 4.69) is 5.32 Å². The van der Waals surface area contributed by atoms with Crippen molar-refractivity contribution in [3.05, 3.63) is 0 Å². The summed E-state index contributed by atoms with van der Waals surface area (Å²) in [6, 6.07) is -0.774. The van der Waals surface area contributed by atoms with Gasteiger partial charge in [0.2, 0.25) is 5.91 Å². The molecule has 0 aromatic carbocycles. The first-order valence-corrected chi connectivity index (χ1v) is 8.99. The normalized spacial score (nSPS) is 27.8. The Morgan fingerprint density at radius 3 is 2.56 bits per heavy atom. The monoisotopic (exact) mass is 363 g/mol. The highest BCUT2D eigenvalue weighted by Crippen LogP contribution is 2.21. The Bertz CT molecular complexity index is 393. The summed E-state index contributed by atoms with van der Waals surface area (Å²) in [5.74, 6) is -0.0563. The van der Waals surface area contributed by atoms with E-state index in [0.717, 1.165) is 0 Å². The van der Waals surface area contributed by atoms with Gasteiger partial charge in [-0.25, -0.2) is 0 Å². The second-order valence-corrected chi connectivity index (χ2v) is 6.98. The van der Waals surface area contributed by atoms with Crippen molar-refractivity contribution < 1.29 is 34.7 Å². The van der Waals surface area contributed by atoms with Gasteiger partial charge in [-0.3, -0.25) is 4.79 Å². The quantitative estimate of drug-likeness (QED) is 0.355. The highest BCUT2D eigenvalue weighted by molar-refractivity contribution is 5.75. The van der Waals surface area contributed by atoms with Crippen molar-refractivity contribution in [3.63, 3.8) is 0 Å². The standard InChI is InChI=1S/C17H33NO7/c1-4-15(22)18-11(17(23)13(21)7-10(2)3)9-24-16-6-5-12(20)14(8-19)25-16/h10-14,16-17,19-21,23H,4-9H2,1-3H3,(H,18,22)/t11?,12-,13?,14?,16+,17?/m1/s1. The lowest BCUT2D eigenvalue weighted by Gasteiger charge is -2.34. The van der Waals surface area contributed by atoms with E-state index in [1.54, 1.807) is 6.92 Å². The van der Waals surface area contributed by atoms with Crippen molar-refractivity contribution in [1.82, 2.24) is 5.32 Å². The van der Waals surface area contributed by atoms with Crippen LogP contribution in [-0.4, -0.2) is 76.3 Å². The second kappa shape index (κ2) is 11.1. The molecule has 0 aliphatic carbocycles. The van der Waals surface area contributed by atoms with Crippen molar-refractivity contribution in [3.8, 4) is 0 Å². The minimum Gasteiger partial charge on any atom is -0.394 e. The minimum absolute atomic E-state index is 0.0407. The largest absolute Gasteiger partial charge is 0.394 e. The summed E-state index contributed by atoms with van der Waals surface area (Å²) in [4.78, 5) is 11.7. The van der Waals surface area contributed by atoms with Crippen LogP contribution in [0.3, 0.4) is 0 Å². The lowest BCUT2D eigenvalue weighted by molar-refractivity contribution is -0.234. The second-order valence-electron chi connectivity index (χ2n) is 6.98. The maximum atomic E-state index is 11.7. The van der Waals surface area contributed by atoms with Crippen LogP contribution in [0.1, 0.15) is 46.5 Å². The van der Waals surface area contributed by atoms with Gasteiger partial charge in [-0.1, -0.05) is 20.8 Å².